The van der Waals surface area contributed by atoms with Gasteiger partial charge in [-0.2, -0.15) is 0 Å². The molecular formula is C18H19N3. The number of aromatic nitrogens is 1. The predicted octanol–water partition coefficient (Wildman–Crippen LogP) is 4.28. The van der Waals surface area contributed by atoms with Crippen LogP contribution in [0.15, 0.2) is 54.7 Å². The standard InChI is InChI=1S/C18H19N3/c1-3-21(14-9-7-13(2)8-10-14)17-11-12-20-18-15(17)5-4-6-16(18)19/h4-12H,3,19H2,1-2H3. The van der Waals surface area contributed by atoms with Crippen LogP contribution in [-0.4, -0.2) is 11.5 Å². The molecule has 2 N–H and O–H groups in total. The molecule has 3 aromatic rings. The molecule has 3 rings (SSSR count). The molecule has 106 valence electrons. The van der Waals surface area contributed by atoms with Gasteiger partial charge in [-0.05, 0) is 38.1 Å². The van der Waals surface area contributed by atoms with Gasteiger partial charge in [0, 0.05) is 23.8 Å². The Kier molecular flexibility index (Phi) is 3.48. The zero-order valence-corrected chi connectivity index (χ0v) is 12.4. The first-order chi connectivity index (χ1) is 10.2. The first-order valence-electron chi connectivity index (χ1n) is 7.18. The maximum absolute atomic E-state index is 6.04. The molecule has 3 nitrogen and oxygen atoms in total. The van der Waals surface area contributed by atoms with Gasteiger partial charge >= 0.3 is 0 Å². The number of nitrogen functional groups attached to an aromatic ring is 1. The van der Waals surface area contributed by atoms with Crippen LogP contribution in [0.4, 0.5) is 17.1 Å². The van der Waals surface area contributed by atoms with E-state index in [-0.39, 0.29) is 0 Å². The average molecular weight is 277 g/mol. The van der Waals surface area contributed by atoms with Crippen molar-refractivity contribution in [2.24, 2.45) is 0 Å². The molecule has 3 heteroatoms. The Morgan fingerprint density at radius 2 is 1.81 bits per heavy atom. The number of para-hydroxylation sites is 1. The summed E-state index contributed by atoms with van der Waals surface area (Å²) in [5, 5.41) is 1.08. The maximum atomic E-state index is 6.04. The fourth-order valence-corrected chi connectivity index (χ4v) is 2.64. The predicted molar refractivity (Wildman–Crippen MR) is 90.0 cm³/mol. The minimum absolute atomic E-state index is 0.717. The van der Waals surface area contributed by atoms with E-state index in [1.54, 1.807) is 0 Å². The largest absolute Gasteiger partial charge is 0.397 e. The van der Waals surface area contributed by atoms with Gasteiger partial charge in [0.15, 0.2) is 0 Å². The van der Waals surface area contributed by atoms with Gasteiger partial charge in [0.05, 0.1) is 16.9 Å². The molecular weight excluding hydrogens is 258 g/mol. The third-order valence-corrected chi connectivity index (χ3v) is 3.73. The van der Waals surface area contributed by atoms with E-state index in [0.717, 1.165) is 23.1 Å². The monoisotopic (exact) mass is 277 g/mol. The lowest BCUT2D eigenvalue weighted by Crippen LogP contribution is -2.16. The summed E-state index contributed by atoms with van der Waals surface area (Å²) in [6.45, 7) is 5.14. The van der Waals surface area contributed by atoms with Crippen LogP contribution in [0.2, 0.25) is 0 Å². The number of anilines is 3. The van der Waals surface area contributed by atoms with Crippen LogP contribution in [0.25, 0.3) is 10.9 Å². The number of nitrogens with two attached hydrogens (primary N) is 1. The second-order valence-electron chi connectivity index (χ2n) is 5.15. The lowest BCUT2D eigenvalue weighted by molar-refractivity contribution is 1.03. The summed E-state index contributed by atoms with van der Waals surface area (Å²) in [5.74, 6) is 0. The zero-order chi connectivity index (χ0) is 14.8. The highest BCUT2D eigenvalue weighted by atomic mass is 15.1. The molecule has 0 saturated carbocycles. The highest BCUT2D eigenvalue weighted by molar-refractivity contribution is 5.99. The van der Waals surface area contributed by atoms with Gasteiger partial charge in [-0.1, -0.05) is 29.8 Å². The average Bonchev–Trinajstić information content (AvgIpc) is 2.51. The molecule has 2 aromatic carbocycles. The van der Waals surface area contributed by atoms with Crippen LogP contribution in [0.5, 0.6) is 0 Å². The molecule has 1 heterocycles. The molecule has 0 spiro atoms. The molecule has 0 fully saturated rings. The Balaban J connectivity index is 2.17. The first-order valence-corrected chi connectivity index (χ1v) is 7.18. The third-order valence-electron chi connectivity index (χ3n) is 3.73. The highest BCUT2D eigenvalue weighted by Crippen LogP contribution is 2.33. The fraction of sp³-hybridized carbons (Fsp3) is 0.167. The minimum atomic E-state index is 0.717. The van der Waals surface area contributed by atoms with E-state index >= 15 is 0 Å². The van der Waals surface area contributed by atoms with Gasteiger partial charge in [-0.15, -0.1) is 0 Å². The SMILES string of the molecule is CCN(c1ccc(C)cc1)c1ccnc2c(N)cccc12. The topological polar surface area (TPSA) is 42.2 Å². The van der Waals surface area contributed by atoms with Gasteiger partial charge in [-0.25, -0.2) is 0 Å². The van der Waals surface area contributed by atoms with E-state index in [1.165, 1.54) is 11.3 Å². The van der Waals surface area contributed by atoms with E-state index in [0.29, 0.717) is 5.69 Å². The molecule has 0 radical (unpaired) electrons. The van der Waals surface area contributed by atoms with E-state index < -0.39 is 0 Å². The van der Waals surface area contributed by atoms with Crippen molar-refractivity contribution < 1.29 is 0 Å². The summed E-state index contributed by atoms with van der Waals surface area (Å²) < 4.78 is 0. The molecule has 0 saturated heterocycles. The summed E-state index contributed by atoms with van der Waals surface area (Å²) in [6.07, 6.45) is 1.82. The molecule has 0 unspecified atom stereocenters. The number of rotatable bonds is 3. The Hall–Kier alpha value is -2.55. The molecule has 0 aliphatic rings. The van der Waals surface area contributed by atoms with E-state index in [2.05, 4.69) is 54.1 Å². The van der Waals surface area contributed by atoms with Gasteiger partial charge in [-0.3, -0.25) is 4.98 Å². The zero-order valence-electron chi connectivity index (χ0n) is 12.4. The maximum Gasteiger partial charge on any atom is 0.0952 e. The molecule has 0 atom stereocenters. The van der Waals surface area contributed by atoms with Crippen molar-refractivity contribution in [2.45, 2.75) is 13.8 Å². The highest BCUT2D eigenvalue weighted by Gasteiger charge is 2.12. The normalized spacial score (nSPS) is 10.8. The first kappa shape index (κ1) is 13.4. The van der Waals surface area contributed by atoms with Gasteiger partial charge < -0.3 is 10.6 Å². The lowest BCUT2D eigenvalue weighted by atomic mass is 10.1. The van der Waals surface area contributed by atoms with Crippen LogP contribution in [0.1, 0.15) is 12.5 Å². The number of fused-ring (bicyclic) bond motifs is 1. The third kappa shape index (κ3) is 2.42. The molecule has 0 bridgehead atoms. The lowest BCUT2D eigenvalue weighted by Gasteiger charge is -2.25. The Morgan fingerprint density at radius 1 is 1.05 bits per heavy atom. The summed E-state index contributed by atoms with van der Waals surface area (Å²) in [6, 6.07) is 16.6. The van der Waals surface area contributed by atoms with Crippen LogP contribution >= 0.6 is 0 Å². The number of aryl methyl sites for hydroxylation is 1. The van der Waals surface area contributed by atoms with Crippen molar-refractivity contribution >= 4 is 28.0 Å². The molecule has 0 amide bonds. The summed E-state index contributed by atoms with van der Waals surface area (Å²) in [4.78, 5) is 6.69. The number of hydrogen-bond donors (Lipinski definition) is 1. The van der Waals surface area contributed by atoms with Crippen LogP contribution in [0.3, 0.4) is 0 Å². The van der Waals surface area contributed by atoms with Crippen molar-refractivity contribution in [3.05, 3.63) is 60.3 Å². The quantitative estimate of drug-likeness (QED) is 0.726. The molecule has 0 aliphatic heterocycles. The van der Waals surface area contributed by atoms with Crippen molar-refractivity contribution in [3.8, 4) is 0 Å². The van der Waals surface area contributed by atoms with Gasteiger partial charge in [0.1, 0.15) is 0 Å². The van der Waals surface area contributed by atoms with Crippen LogP contribution in [0, 0.1) is 6.92 Å². The molecule has 1 aromatic heterocycles. The Labute approximate surface area is 125 Å². The fourth-order valence-electron chi connectivity index (χ4n) is 2.64. The van der Waals surface area contributed by atoms with Crippen molar-refractivity contribution in [2.75, 3.05) is 17.2 Å². The smallest absolute Gasteiger partial charge is 0.0952 e. The Bertz CT molecular complexity index is 763. The van der Waals surface area contributed by atoms with Crippen molar-refractivity contribution in [1.82, 2.24) is 4.98 Å². The van der Waals surface area contributed by atoms with Crippen LogP contribution in [-0.2, 0) is 0 Å². The molecule has 21 heavy (non-hydrogen) atoms. The molecule has 0 aliphatic carbocycles. The van der Waals surface area contributed by atoms with Crippen molar-refractivity contribution in [3.63, 3.8) is 0 Å². The second-order valence-corrected chi connectivity index (χ2v) is 5.15. The van der Waals surface area contributed by atoms with Gasteiger partial charge in [0.25, 0.3) is 0 Å². The van der Waals surface area contributed by atoms with E-state index in [4.69, 9.17) is 5.73 Å². The van der Waals surface area contributed by atoms with Crippen LogP contribution < -0.4 is 10.6 Å². The summed E-state index contributed by atoms with van der Waals surface area (Å²) in [5.41, 5.74) is 11.2. The summed E-state index contributed by atoms with van der Waals surface area (Å²) in [7, 11) is 0. The number of pyridine rings is 1. The number of nitrogens with zero attached hydrogens (tertiary/aromatic N) is 2. The second kappa shape index (κ2) is 5.44. The van der Waals surface area contributed by atoms with Gasteiger partial charge in [0.2, 0.25) is 0 Å². The van der Waals surface area contributed by atoms with E-state index in [1.807, 2.05) is 24.4 Å². The number of hydrogen-bond acceptors (Lipinski definition) is 3. The number of benzene rings is 2. The van der Waals surface area contributed by atoms with Crippen molar-refractivity contribution in [1.29, 1.82) is 0 Å². The minimum Gasteiger partial charge on any atom is -0.397 e. The Morgan fingerprint density at radius 3 is 2.52 bits per heavy atom. The summed E-state index contributed by atoms with van der Waals surface area (Å²) >= 11 is 0. The van der Waals surface area contributed by atoms with E-state index in [9.17, 15) is 0 Å².